The second kappa shape index (κ2) is 4.49. The van der Waals surface area contributed by atoms with Gasteiger partial charge in [-0.25, -0.2) is 0 Å². The molecule has 1 N–H and O–H groups in total. The lowest BCUT2D eigenvalue weighted by molar-refractivity contribution is 0.0882. The first kappa shape index (κ1) is 11.8. The zero-order chi connectivity index (χ0) is 11.5. The molecule has 0 saturated heterocycles. The quantitative estimate of drug-likeness (QED) is 0.831. The van der Waals surface area contributed by atoms with Crippen LogP contribution in [0, 0.1) is 0 Å². The van der Waals surface area contributed by atoms with Crippen LogP contribution < -0.4 is 5.32 Å². The van der Waals surface area contributed by atoms with Gasteiger partial charge in [0, 0.05) is 12.6 Å². The number of amides is 1. The van der Waals surface area contributed by atoms with E-state index in [1.165, 1.54) is 0 Å². The number of furan rings is 1. The number of carbonyl (C=O) groups excluding carboxylic acids is 1. The van der Waals surface area contributed by atoms with Gasteiger partial charge in [0.15, 0.2) is 5.76 Å². The van der Waals surface area contributed by atoms with Crippen molar-refractivity contribution in [2.24, 2.45) is 0 Å². The molecule has 1 aromatic heterocycles. The summed E-state index contributed by atoms with van der Waals surface area (Å²) in [4.78, 5) is 11.6. The molecule has 0 aliphatic rings. The predicted octanol–water partition coefficient (Wildman–Crippen LogP) is 1.95. The van der Waals surface area contributed by atoms with Gasteiger partial charge < -0.3 is 14.5 Å². The minimum atomic E-state index is -0.259. The first-order valence-electron chi connectivity index (χ1n) is 4.82. The molecule has 0 atom stereocenters. The number of rotatable bonds is 3. The summed E-state index contributed by atoms with van der Waals surface area (Å²) in [5, 5.41) is 2.82. The van der Waals surface area contributed by atoms with Crippen molar-refractivity contribution >= 4 is 5.91 Å². The van der Waals surface area contributed by atoms with E-state index in [2.05, 4.69) is 5.32 Å². The second-order valence-corrected chi connectivity index (χ2v) is 4.40. The predicted molar refractivity (Wildman–Crippen MR) is 56.6 cm³/mol. The maximum atomic E-state index is 11.6. The van der Waals surface area contributed by atoms with E-state index >= 15 is 0 Å². The molecule has 0 bridgehead atoms. The molecule has 0 unspecified atom stereocenters. The molecule has 0 aliphatic heterocycles. The van der Waals surface area contributed by atoms with Crippen molar-refractivity contribution in [3.8, 4) is 0 Å². The topological polar surface area (TPSA) is 51.5 Å². The molecule has 1 amide bonds. The highest BCUT2D eigenvalue weighted by Gasteiger charge is 2.17. The lowest BCUT2D eigenvalue weighted by atomic mass is 10.1. The standard InChI is InChI=1S/C11H17NO3/c1-11(2,3)12-10(13)9-6-5-8(15-9)7-14-4/h5-6H,7H2,1-4H3,(H,12,13). The molecule has 1 aromatic rings. The SMILES string of the molecule is COCc1ccc(C(=O)NC(C)(C)C)o1. The van der Waals surface area contributed by atoms with Crippen LogP contribution in [0.25, 0.3) is 0 Å². The Morgan fingerprint density at radius 1 is 1.47 bits per heavy atom. The summed E-state index contributed by atoms with van der Waals surface area (Å²) in [7, 11) is 1.58. The summed E-state index contributed by atoms with van der Waals surface area (Å²) in [6.45, 7) is 6.14. The van der Waals surface area contributed by atoms with Gasteiger partial charge in [-0.1, -0.05) is 0 Å². The van der Waals surface area contributed by atoms with E-state index < -0.39 is 0 Å². The summed E-state index contributed by atoms with van der Waals surface area (Å²) in [6, 6.07) is 3.39. The fourth-order valence-electron chi connectivity index (χ4n) is 1.12. The van der Waals surface area contributed by atoms with Crippen LogP contribution in [0.3, 0.4) is 0 Å². The van der Waals surface area contributed by atoms with Crippen molar-refractivity contribution in [3.63, 3.8) is 0 Å². The summed E-state index contributed by atoms with van der Waals surface area (Å²) >= 11 is 0. The Morgan fingerprint density at radius 2 is 2.13 bits per heavy atom. The van der Waals surface area contributed by atoms with E-state index in [0.717, 1.165) is 0 Å². The molecular formula is C11H17NO3. The van der Waals surface area contributed by atoms with Crippen molar-refractivity contribution in [1.29, 1.82) is 0 Å². The number of carbonyl (C=O) groups is 1. The van der Waals surface area contributed by atoms with Gasteiger partial charge in [0.25, 0.3) is 5.91 Å². The zero-order valence-corrected chi connectivity index (χ0v) is 9.59. The Morgan fingerprint density at radius 3 is 2.67 bits per heavy atom. The summed E-state index contributed by atoms with van der Waals surface area (Å²) < 4.78 is 10.2. The highest BCUT2D eigenvalue weighted by Crippen LogP contribution is 2.10. The monoisotopic (exact) mass is 211 g/mol. The van der Waals surface area contributed by atoms with Gasteiger partial charge in [-0.05, 0) is 32.9 Å². The average Bonchev–Trinajstić information content (AvgIpc) is 2.50. The number of hydrogen-bond acceptors (Lipinski definition) is 3. The Kier molecular flexibility index (Phi) is 3.52. The van der Waals surface area contributed by atoms with Crippen LogP contribution in [-0.2, 0) is 11.3 Å². The third-order valence-corrected chi connectivity index (χ3v) is 1.66. The highest BCUT2D eigenvalue weighted by molar-refractivity contribution is 5.91. The smallest absolute Gasteiger partial charge is 0.287 e. The molecule has 4 nitrogen and oxygen atoms in total. The fraction of sp³-hybridized carbons (Fsp3) is 0.545. The zero-order valence-electron chi connectivity index (χ0n) is 9.59. The third kappa shape index (κ3) is 3.75. The van der Waals surface area contributed by atoms with Crippen LogP contribution >= 0.6 is 0 Å². The molecule has 15 heavy (non-hydrogen) atoms. The van der Waals surface area contributed by atoms with E-state index in [0.29, 0.717) is 18.1 Å². The van der Waals surface area contributed by atoms with E-state index in [-0.39, 0.29) is 11.4 Å². The molecule has 1 heterocycles. The summed E-state index contributed by atoms with van der Waals surface area (Å²) in [5.41, 5.74) is -0.259. The molecule has 0 radical (unpaired) electrons. The minimum absolute atomic E-state index is 0.204. The summed E-state index contributed by atoms with van der Waals surface area (Å²) in [6.07, 6.45) is 0. The van der Waals surface area contributed by atoms with E-state index in [4.69, 9.17) is 9.15 Å². The first-order chi connectivity index (χ1) is 6.92. The maximum Gasteiger partial charge on any atom is 0.287 e. The number of nitrogens with one attached hydrogen (secondary N) is 1. The van der Waals surface area contributed by atoms with Crippen LogP contribution in [0.1, 0.15) is 37.1 Å². The minimum Gasteiger partial charge on any atom is -0.453 e. The van der Waals surface area contributed by atoms with E-state index in [1.54, 1.807) is 19.2 Å². The highest BCUT2D eigenvalue weighted by atomic mass is 16.5. The number of hydrogen-bond donors (Lipinski definition) is 1. The average molecular weight is 211 g/mol. The van der Waals surface area contributed by atoms with Gasteiger partial charge in [0.05, 0.1) is 0 Å². The Hall–Kier alpha value is -1.29. The van der Waals surface area contributed by atoms with Gasteiger partial charge >= 0.3 is 0 Å². The lowest BCUT2D eigenvalue weighted by Crippen LogP contribution is -2.40. The van der Waals surface area contributed by atoms with Crippen molar-refractivity contribution in [2.75, 3.05) is 7.11 Å². The molecule has 0 aliphatic carbocycles. The van der Waals surface area contributed by atoms with Crippen LogP contribution in [0.5, 0.6) is 0 Å². The van der Waals surface area contributed by atoms with Gasteiger partial charge in [-0.2, -0.15) is 0 Å². The number of methoxy groups -OCH3 is 1. The molecule has 0 saturated carbocycles. The van der Waals surface area contributed by atoms with Crippen molar-refractivity contribution in [3.05, 3.63) is 23.7 Å². The van der Waals surface area contributed by atoms with Gasteiger partial charge in [0.1, 0.15) is 12.4 Å². The molecule has 0 fully saturated rings. The van der Waals surface area contributed by atoms with Crippen molar-refractivity contribution < 1.29 is 13.9 Å². The van der Waals surface area contributed by atoms with Crippen LogP contribution in [-0.4, -0.2) is 18.6 Å². The van der Waals surface area contributed by atoms with Crippen LogP contribution in [0.4, 0.5) is 0 Å². The number of ether oxygens (including phenoxy) is 1. The molecule has 84 valence electrons. The van der Waals surface area contributed by atoms with Crippen molar-refractivity contribution in [2.45, 2.75) is 32.9 Å². The van der Waals surface area contributed by atoms with Gasteiger partial charge in [-0.3, -0.25) is 4.79 Å². The second-order valence-electron chi connectivity index (χ2n) is 4.40. The normalized spacial score (nSPS) is 11.5. The molecule has 0 spiro atoms. The first-order valence-corrected chi connectivity index (χ1v) is 4.82. The van der Waals surface area contributed by atoms with E-state index in [9.17, 15) is 4.79 Å². The summed E-state index contributed by atoms with van der Waals surface area (Å²) in [5.74, 6) is 0.762. The van der Waals surface area contributed by atoms with Crippen LogP contribution in [0.15, 0.2) is 16.5 Å². The Balaban J connectivity index is 2.66. The van der Waals surface area contributed by atoms with Gasteiger partial charge in [-0.15, -0.1) is 0 Å². The third-order valence-electron chi connectivity index (χ3n) is 1.66. The lowest BCUT2D eigenvalue weighted by Gasteiger charge is -2.19. The molecular weight excluding hydrogens is 194 g/mol. The van der Waals surface area contributed by atoms with Gasteiger partial charge in [0.2, 0.25) is 0 Å². The van der Waals surface area contributed by atoms with Crippen LogP contribution in [0.2, 0.25) is 0 Å². The maximum absolute atomic E-state index is 11.6. The van der Waals surface area contributed by atoms with E-state index in [1.807, 2.05) is 20.8 Å². The Bertz CT molecular complexity index is 336. The fourth-order valence-corrected chi connectivity index (χ4v) is 1.12. The van der Waals surface area contributed by atoms with Crippen molar-refractivity contribution in [1.82, 2.24) is 5.32 Å². The molecule has 0 aromatic carbocycles. The molecule has 1 rings (SSSR count). The largest absolute Gasteiger partial charge is 0.453 e. The Labute approximate surface area is 89.6 Å². The molecule has 4 heteroatoms.